The first-order valence-electron chi connectivity index (χ1n) is 7.86. The largest absolute Gasteiger partial charge is 0.448 e. The van der Waals surface area contributed by atoms with Gasteiger partial charge in [-0.15, -0.1) is 0 Å². The van der Waals surface area contributed by atoms with Crippen molar-refractivity contribution in [3.8, 4) is 0 Å². The van der Waals surface area contributed by atoms with Crippen molar-refractivity contribution < 1.29 is 9.21 Å². The van der Waals surface area contributed by atoms with Crippen LogP contribution >= 0.6 is 0 Å². The standard InChI is InChI=1S/C16H22N4O2/c1-11-13(9-18-20(11)2)8-17-15(21)14-10-22-16(19-14)12-6-4-3-5-7-12/h9-10,12H,3-8H2,1-2H3,(H,17,21). The van der Waals surface area contributed by atoms with E-state index in [0.29, 0.717) is 24.0 Å². The summed E-state index contributed by atoms with van der Waals surface area (Å²) in [5.41, 5.74) is 2.41. The van der Waals surface area contributed by atoms with Gasteiger partial charge in [0.25, 0.3) is 5.91 Å². The van der Waals surface area contributed by atoms with Crippen molar-refractivity contribution >= 4 is 5.91 Å². The first kappa shape index (κ1) is 14.8. The Morgan fingerprint density at radius 1 is 1.41 bits per heavy atom. The second-order valence-corrected chi connectivity index (χ2v) is 5.97. The summed E-state index contributed by atoms with van der Waals surface area (Å²) in [6, 6.07) is 0. The van der Waals surface area contributed by atoms with Crippen LogP contribution in [-0.2, 0) is 13.6 Å². The molecule has 2 aromatic heterocycles. The van der Waals surface area contributed by atoms with E-state index >= 15 is 0 Å². The molecular formula is C16H22N4O2. The molecule has 3 rings (SSSR count). The number of aromatic nitrogens is 3. The molecule has 0 radical (unpaired) electrons. The molecule has 1 fully saturated rings. The molecule has 1 N–H and O–H groups in total. The SMILES string of the molecule is Cc1c(CNC(=O)c2coc(C3CCCCC3)n2)cnn1C. The predicted molar refractivity (Wildman–Crippen MR) is 81.4 cm³/mol. The number of amides is 1. The van der Waals surface area contributed by atoms with E-state index in [1.165, 1.54) is 25.5 Å². The first-order valence-corrected chi connectivity index (χ1v) is 7.86. The Morgan fingerprint density at radius 2 is 2.18 bits per heavy atom. The van der Waals surface area contributed by atoms with Crippen molar-refractivity contribution in [2.24, 2.45) is 7.05 Å². The minimum absolute atomic E-state index is 0.200. The maximum Gasteiger partial charge on any atom is 0.273 e. The van der Waals surface area contributed by atoms with E-state index in [9.17, 15) is 4.79 Å². The van der Waals surface area contributed by atoms with E-state index in [1.54, 1.807) is 10.9 Å². The third-order valence-electron chi connectivity index (χ3n) is 4.49. The van der Waals surface area contributed by atoms with Crippen molar-refractivity contribution in [3.63, 3.8) is 0 Å². The third kappa shape index (κ3) is 3.05. The van der Waals surface area contributed by atoms with Crippen LogP contribution < -0.4 is 5.32 Å². The molecule has 6 nitrogen and oxygen atoms in total. The average Bonchev–Trinajstić information content (AvgIpc) is 3.15. The van der Waals surface area contributed by atoms with Crippen LogP contribution in [0.1, 0.15) is 65.7 Å². The lowest BCUT2D eigenvalue weighted by molar-refractivity contribution is 0.0946. The topological polar surface area (TPSA) is 73.0 Å². The lowest BCUT2D eigenvalue weighted by Gasteiger charge is -2.17. The molecule has 0 aliphatic heterocycles. The monoisotopic (exact) mass is 302 g/mol. The molecule has 1 saturated carbocycles. The molecular weight excluding hydrogens is 280 g/mol. The first-order chi connectivity index (χ1) is 10.6. The lowest BCUT2D eigenvalue weighted by atomic mass is 9.89. The number of carbonyl (C=O) groups is 1. The van der Waals surface area contributed by atoms with E-state index in [1.807, 2.05) is 14.0 Å². The quantitative estimate of drug-likeness (QED) is 0.942. The highest BCUT2D eigenvalue weighted by atomic mass is 16.3. The fourth-order valence-electron chi connectivity index (χ4n) is 2.91. The summed E-state index contributed by atoms with van der Waals surface area (Å²) in [5.74, 6) is 0.882. The Kier molecular flexibility index (Phi) is 4.27. The average molecular weight is 302 g/mol. The van der Waals surface area contributed by atoms with Gasteiger partial charge in [0.2, 0.25) is 0 Å². The zero-order valence-electron chi connectivity index (χ0n) is 13.1. The second-order valence-electron chi connectivity index (χ2n) is 5.97. The highest BCUT2D eigenvalue weighted by molar-refractivity contribution is 5.91. The minimum Gasteiger partial charge on any atom is -0.448 e. The van der Waals surface area contributed by atoms with Gasteiger partial charge in [-0.1, -0.05) is 19.3 Å². The molecule has 0 aromatic carbocycles. The third-order valence-corrected chi connectivity index (χ3v) is 4.49. The Morgan fingerprint density at radius 3 is 2.86 bits per heavy atom. The molecule has 1 aliphatic carbocycles. The molecule has 1 amide bonds. The Hall–Kier alpha value is -2.11. The molecule has 0 unspecified atom stereocenters. The smallest absolute Gasteiger partial charge is 0.273 e. The number of aryl methyl sites for hydroxylation is 1. The van der Waals surface area contributed by atoms with Crippen LogP contribution in [0.25, 0.3) is 0 Å². The summed E-state index contributed by atoms with van der Waals surface area (Å²) in [6.45, 7) is 2.43. The Balaban J connectivity index is 1.60. The van der Waals surface area contributed by atoms with Gasteiger partial charge >= 0.3 is 0 Å². The van der Waals surface area contributed by atoms with E-state index < -0.39 is 0 Å². The van der Waals surface area contributed by atoms with Gasteiger partial charge in [0.15, 0.2) is 11.6 Å². The number of hydrogen-bond acceptors (Lipinski definition) is 4. The lowest BCUT2D eigenvalue weighted by Crippen LogP contribution is -2.23. The van der Waals surface area contributed by atoms with Crippen molar-refractivity contribution in [2.45, 2.75) is 51.5 Å². The van der Waals surface area contributed by atoms with Crippen LogP contribution in [0.4, 0.5) is 0 Å². The van der Waals surface area contributed by atoms with E-state index in [4.69, 9.17) is 4.42 Å². The molecule has 0 bridgehead atoms. The van der Waals surface area contributed by atoms with Crippen LogP contribution in [0.2, 0.25) is 0 Å². The maximum atomic E-state index is 12.2. The van der Waals surface area contributed by atoms with Crippen LogP contribution in [0, 0.1) is 6.92 Å². The molecule has 118 valence electrons. The van der Waals surface area contributed by atoms with Crippen LogP contribution in [0.15, 0.2) is 16.9 Å². The second kappa shape index (κ2) is 6.34. The maximum absolute atomic E-state index is 12.2. The van der Waals surface area contributed by atoms with Gasteiger partial charge in [-0.2, -0.15) is 5.10 Å². The van der Waals surface area contributed by atoms with Crippen molar-refractivity contribution in [3.05, 3.63) is 35.3 Å². The summed E-state index contributed by atoms with van der Waals surface area (Å²) in [5, 5.41) is 7.03. The number of nitrogens with one attached hydrogen (secondary N) is 1. The van der Waals surface area contributed by atoms with Crippen molar-refractivity contribution in [1.82, 2.24) is 20.1 Å². The minimum atomic E-state index is -0.200. The highest BCUT2D eigenvalue weighted by Gasteiger charge is 2.22. The highest BCUT2D eigenvalue weighted by Crippen LogP contribution is 2.31. The molecule has 2 heterocycles. The molecule has 22 heavy (non-hydrogen) atoms. The van der Waals surface area contributed by atoms with Crippen LogP contribution in [-0.4, -0.2) is 20.7 Å². The molecule has 0 spiro atoms. The molecule has 0 atom stereocenters. The van der Waals surface area contributed by atoms with E-state index in [2.05, 4.69) is 15.4 Å². The Labute approximate surface area is 129 Å². The summed E-state index contributed by atoms with van der Waals surface area (Å²) in [7, 11) is 1.88. The summed E-state index contributed by atoms with van der Waals surface area (Å²) in [6.07, 6.45) is 9.17. The van der Waals surface area contributed by atoms with Crippen LogP contribution in [0.3, 0.4) is 0 Å². The number of hydrogen-bond donors (Lipinski definition) is 1. The summed E-state index contributed by atoms with van der Waals surface area (Å²) >= 11 is 0. The van der Waals surface area contributed by atoms with Gasteiger partial charge in [0.05, 0.1) is 6.20 Å². The molecule has 0 saturated heterocycles. The fourth-order valence-corrected chi connectivity index (χ4v) is 2.91. The number of oxazole rings is 1. The normalized spacial score (nSPS) is 15.9. The molecule has 1 aliphatic rings. The zero-order valence-corrected chi connectivity index (χ0v) is 13.1. The number of carbonyl (C=O) groups excluding carboxylic acids is 1. The number of rotatable bonds is 4. The zero-order chi connectivity index (χ0) is 15.5. The fraction of sp³-hybridized carbons (Fsp3) is 0.562. The van der Waals surface area contributed by atoms with Gasteiger partial charge in [-0.05, 0) is 19.8 Å². The van der Waals surface area contributed by atoms with Crippen LogP contribution in [0.5, 0.6) is 0 Å². The molecule has 6 heteroatoms. The van der Waals surface area contributed by atoms with Gasteiger partial charge in [-0.25, -0.2) is 4.98 Å². The van der Waals surface area contributed by atoms with Gasteiger partial charge < -0.3 is 9.73 Å². The van der Waals surface area contributed by atoms with E-state index in [0.717, 1.165) is 24.1 Å². The van der Waals surface area contributed by atoms with Gasteiger partial charge in [0, 0.05) is 30.8 Å². The predicted octanol–water partition coefficient (Wildman–Crippen LogP) is 2.69. The summed E-state index contributed by atoms with van der Waals surface area (Å²) in [4.78, 5) is 16.5. The van der Waals surface area contributed by atoms with Gasteiger partial charge in [-0.3, -0.25) is 9.48 Å². The van der Waals surface area contributed by atoms with Gasteiger partial charge in [0.1, 0.15) is 6.26 Å². The summed E-state index contributed by atoms with van der Waals surface area (Å²) < 4.78 is 7.31. The van der Waals surface area contributed by atoms with Crippen molar-refractivity contribution in [1.29, 1.82) is 0 Å². The number of nitrogens with zero attached hydrogens (tertiary/aromatic N) is 3. The molecule has 2 aromatic rings. The Bertz CT molecular complexity index is 653. The van der Waals surface area contributed by atoms with E-state index in [-0.39, 0.29) is 5.91 Å². The van der Waals surface area contributed by atoms with Crippen molar-refractivity contribution in [2.75, 3.05) is 0 Å².